The van der Waals surface area contributed by atoms with Crippen LogP contribution in [0.3, 0.4) is 0 Å². The number of ether oxygens (including phenoxy) is 2. The molecule has 4 aromatic rings. The van der Waals surface area contributed by atoms with Gasteiger partial charge in [-0.2, -0.15) is 0 Å². The van der Waals surface area contributed by atoms with Crippen molar-refractivity contribution in [2.75, 3.05) is 11.5 Å². The quantitative estimate of drug-likeness (QED) is 0.256. The highest BCUT2D eigenvalue weighted by Gasteiger charge is 2.24. The summed E-state index contributed by atoms with van der Waals surface area (Å²) in [5, 5.41) is 0.297. The molecule has 0 aromatic heterocycles. The molecular formula is C26H22Cl2N2O4S. The van der Waals surface area contributed by atoms with Gasteiger partial charge < -0.3 is 20.9 Å². The molecule has 4 aromatic carbocycles. The van der Waals surface area contributed by atoms with E-state index in [2.05, 4.69) is 0 Å². The summed E-state index contributed by atoms with van der Waals surface area (Å²) in [6.45, 7) is 3.43. The van der Waals surface area contributed by atoms with Gasteiger partial charge in [-0.3, -0.25) is 0 Å². The molecule has 0 bridgehead atoms. The second kappa shape index (κ2) is 9.70. The van der Waals surface area contributed by atoms with Gasteiger partial charge >= 0.3 is 0 Å². The molecule has 0 amide bonds. The average Bonchev–Trinajstić information content (AvgIpc) is 2.78. The van der Waals surface area contributed by atoms with Crippen LogP contribution in [0.15, 0.2) is 82.6 Å². The third-order valence-electron chi connectivity index (χ3n) is 5.18. The van der Waals surface area contributed by atoms with Crippen LogP contribution >= 0.6 is 23.2 Å². The molecule has 0 aliphatic rings. The molecule has 180 valence electrons. The average molecular weight is 529 g/mol. The normalized spacial score (nSPS) is 11.3. The summed E-state index contributed by atoms with van der Waals surface area (Å²) in [6, 6.07) is 19.4. The van der Waals surface area contributed by atoms with Gasteiger partial charge in [0.2, 0.25) is 9.84 Å². The summed E-state index contributed by atoms with van der Waals surface area (Å²) in [5.41, 5.74) is 13.8. The maximum Gasteiger partial charge on any atom is 0.206 e. The van der Waals surface area contributed by atoms with Crippen molar-refractivity contribution in [3.8, 4) is 23.0 Å². The highest BCUT2D eigenvalue weighted by atomic mass is 35.5. The molecule has 0 radical (unpaired) electrons. The molecule has 4 rings (SSSR count). The molecule has 6 nitrogen and oxygen atoms in total. The van der Waals surface area contributed by atoms with Gasteiger partial charge in [-0.15, -0.1) is 0 Å². The van der Waals surface area contributed by atoms with Gasteiger partial charge in [-0.05, 0) is 73.5 Å². The van der Waals surface area contributed by atoms with E-state index in [0.29, 0.717) is 45.5 Å². The zero-order valence-corrected chi connectivity index (χ0v) is 21.2. The van der Waals surface area contributed by atoms with Gasteiger partial charge in [0.25, 0.3) is 0 Å². The fourth-order valence-electron chi connectivity index (χ4n) is 3.50. The second-order valence-electron chi connectivity index (χ2n) is 7.95. The number of aryl methyl sites for hydroxylation is 2. The lowest BCUT2D eigenvalue weighted by Gasteiger charge is -2.15. The minimum atomic E-state index is -3.94. The first kappa shape index (κ1) is 24.7. The van der Waals surface area contributed by atoms with Gasteiger partial charge in [0.15, 0.2) is 0 Å². The number of benzene rings is 4. The topological polar surface area (TPSA) is 105 Å². The summed E-state index contributed by atoms with van der Waals surface area (Å²) < 4.78 is 38.6. The second-order valence-corrected chi connectivity index (χ2v) is 10.7. The van der Waals surface area contributed by atoms with E-state index in [1.165, 1.54) is 24.3 Å². The highest BCUT2D eigenvalue weighted by molar-refractivity contribution is 7.91. The maximum absolute atomic E-state index is 13.4. The van der Waals surface area contributed by atoms with E-state index in [1.807, 2.05) is 0 Å². The van der Waals surface area contributed by atoms with Crippen molar-refractivity contribution >= 4 is 44.4 Å². The van der Waals surface area contributed by atoms with E-state index in [-0.39, 0.29) is 19.8 Å². The number of nitrogen functional groups attached to an aromatic ring is 2. The molecule has 0 aliphatic heterocycles. The van der Waals surface area contributed by atoms with Gasteiger partial charge in [0, 0.05) is 23.5 Å². The summed E-state index contributed by atoms with van der Waals surface area (Å²) in [4.78, 5) is 0.0276. The number of anilines is 2. The number of hydrogen-bond acceptors (Lipinski definition) is 6. The molecule has 0 atom stereocenters. The van der Waals surface area contributed by atoms with Crippen molar-refractivity contribution in [2.24, 2.45) is 0 Å². The molecule has 0 fully saturated rings. The molecule has 35 heavy (non-hydrogen) atoms. The standard InChI is InChI=1S/C26H22Cl2N2O4S/c1-15-9-21(13-23(27)25(15)33-19-7-3-5-17(29)11-19)35(31,32)22-10-16(2)26(24(28)14-22)34-20-8-4-6-18(30)12-20/h3-14H,29-30H2,1-2H3. The van der Waals surface area contributed by atoms with Gasteiger partial charge in [-0.25, -0.2) is 8.42 Å². The van der Waals surface area contributed by atoms with Crippen LogP contribution in [0.5, 0.6) is 23.0 Å². The third-order valence-corrected chi connectivity index (χ3v) is 7.46. The predicted molar refractivity (Wildman–Crippen MR) is 140 cm³/mol. The zero-order chi connectivity index (χ0) is 25.3. The number of rotatable bonds is 6. The Hall–Kier alpha value is -3.39. The minimum Gasteiger partial charge on any atom is -0.455 e. The SMILES string of the molecule is Cc1cc(S(=O)(=O)c2cc(C)c(Oc3cccc(N)c3)c(Cl)c2)cc(Cl)c1Oc1cccc(N)c1. The highest BCUT2D eigenvalue weighted by Crippen LogP contribution is 2.39. The Morgan fingerprint density at radius 1 is 0.657 bits per heavy atom. The summed E-state index contributed by atoms with van der Waals surface area (Å²) in [5.74, 6) is 1.67. The minimum absolute atomic E-state index is 0.0138. The molecule has 4 N–H and O–H groups in total. The van der Waals surface area contributed by atoms with E-state index in [0.717, 1.165) is 0 Å². The van der Waals surface area contributed by atoms with E-state index in [4.69, 9.17) is 44.1 Å². The lowest BCUT2D eigenvalue weighted by molar-refractivity contribution is 0.479. The largest absolute Gasteiger partial charge is 0.455 e. The van der Waals surface area contributed by atoms with Gasteiger partial charge in [0.1, 0.15) is 23.0 Å². The number of nitrogens with two attached hydrogens (primary N) is 2. The molecule has 9 heteroatoms. The monoisotopic (exact) mass is 528 g/mol. The Kier molecular flexibility index (Phi) is 6.85. The first-order chi connectivity index (χ1) is 16.5. The van der Waals surface area contributed by atoms with Crippen LogP contribution in [0.2, 0.25) is 10.0 Å². The van der Waals surface area contributed by atoms with Crippen LogP contribution in [-0.2, 0) is 9.84 Å². The molecule has 0 spiro atoms. The van der Waals surface area contributed by atoms with E-state index >= 15 is 0 Å². The van der Waals surface area contributed by atoms with Crippen molar-refractivity contribution in [1.82, 2.24) is 0 Å². The van der Waals surface area contributed by atoms with Gasteiger partial charge in [0.05, 0.1) is 19.8 Å². The van der Waals surface area contributed by atoms with Crippen LogP contribution < -0.4 is 20.9 Å². The van der Waals surface area contributed by atoms with Crippen LogP contribution in [0.1, 0.15) is 11.1 Å². The first-order valence-corrected chi connectivity index (χ1v) is 12.7. The van der Waals surface area contributed by atoms with Crippen LogP contribution in [0, 0.1) is 13.8 Å². The smallest absolute Gasteiger partial charge is 0.206 e. The van der Waals surface area contributed by atoms with Crippen molar-refractivity contribution in [3.05, 3.63) is 94.0 Å². The van der Waals surface area contributed by atoms with E-state index < -0.39 is 9.84 Å². The fraction of sp³-hybridized carbons (Fsp3) is 0.0769. The Labute approximate surface area is 213 Å². The van der Waals surface area contributed by atoms with E-state index in [9.17, 15) is 8.42 Å². The van der Waals surface area contributed by atoms with Crippen LogP contribution in [0.4, 0.5) is 11.4 Å². The summed E-state index contributed by atoms with van der Waals surface area (Å²) in [7, 11) is -3.94. The van der Waals surface area contributed by atoms with Crippen LogP contribution in [-0.4, -0.2) is 8.42 Å². The molecule has 0 saturated heterocycles. The van der Waals surface area contributed by atoms with Crippen LogP contribution in [0.25, 0.3) is 0 Å². The van der Waals surface area contributed by atoms with Crippen molar-refractivity contribution in [1.29, 1.82) is 0 Å². The van der Waals surface area contributed by atoms with Crippen molar-refractivity contribution < 1.29 is 17.9 Å². The molecular weight excluding hydrogens is 507 g/mol. The third kappa shape index (κ3) is 5.32. The predicted octanol–water partition coefficient (Wildman–Crippen LogP) is 7.19. The summed E-state index contributed by atoms with van der Waals surface area (Å²) in [6.07, 6.45) is 0. The summed E-state index contributed by atoms with van der Waals surface area (Å²) >= 11 is 12.9. The fourth-order valence-corrected chi connectivity index (χ4v) is 5.72. The van der Waals surface area contributed by atoms with Crippen molar-refractivity contribution in [3.63, 3.8) is 0 Å². The Morgan fingerprint density at radius 2 is 1.06 bits per heavy atom. The maximum atomic E-state index is 13.4. The lowest BCUT2D eigenvalue weighted by Crippen LogP contribution is -2.04. The Morgan fingerprint density at radius 3 is 1.40 bits per heavy atom. The number of halogens is 2. The number of hydrogen-bond donors (Lipinski definition) is 2. The molecule has 0 heterocycles. The van der Waals surface area contributed by atoms with Gasteiger partial charge in [-0.1, -0.05) is 35.3 Å². The van der Waals surface area contributed by atoms with E-state index in [1.54, 1.807) is 62.4 Å². The first-order valence-electron chi connectivity index (χ1n) is 10.5. The molecule has 0 aliphatic carbocycles. The lowest BCUT2D eigenvalue weighted by atomic mass is 10.2. The number of sulfone groups is 1. The zero-order valence-electron chi connectivity index (χ0n) is 18.9. The molecule has 0 unspecified atom stereocenters. The molecule has 0 saturated carbocycles. The Bertz CT molecular complexity index is 1380. The Balaban J connectivity index is 1.67. The van der Waals surface area contributed by atoms with Crippen molar-refractivity contribution in [2.45, 2.75) is 23.6 Å².